The summed E-state index contributed by atoms with van der Waals surface area (Å²) < 4.78 is 1.83. The van der Waals surface area contributed by atoms with Crippen LogP contribution in [0.25, 0.3) is 11.3 Å². The molecule has 0 aliphatic rings. The minimum atomic E-state index is -0.212. The van der Waals surface area contributed by atoms with Crippen molar-refractivity contribution in [3.05, 3.63) is 36.3 Å². The van der Waals surface area contributed by atoms with Crippen LogP contribution in [0.2, 0.25) is 0 Å². The standard InChI is InChI=1S/C15H22N4O/c1-3-14(20)6-9-17-10-13-11-19(2)18-15(13)12-4-7-16-8-5-12/h4-5,7-8,11,14,17,20H,3,6,9-10H2,1-2H3. The number of pyridine rings is 1. The van der Waals surface area contributed by atoms with Gasteiger partial charge in [0.2, 0.25) is 0 Å². The number of aryl methyl sites for hydroxylation is 1. The molecule has 5 heteroatoms. The van der Waals surface area contributed by atoms with Crippen LogP contribution in [0.4, 0.5) is 0 Å². The van der Waals surface area contributed by atoms with Crippen molar-refractivity contribution in [3.8, 4) is 11.3 Å². The Labute approximate surface area is 119 Å². The third-order valence-corrected chi connectivity index (χ3v) is 3.30. The second kappa shape index (κ2) is 7.17. The van der Waals surface area contributed by atoms with Gasteiger partial charge >= 0.3 is 0 Å². The number of nitrogens with zero attached hydrogens (tertiary/aromatic N) is 3. The summed E-state index contributed by atoms with van der Waals surface area (Å²) >= 11 is 0. The van der Waals surface area contributed by atoms with Crippen molar-refractivity contribution in [1.82, 2.24) is 20.1 Å². The predicted molar refractivity (Wildman–Crippen MR) is 79.1 cm³/mol. The molecule has 0 fully saturated rings. The summed E-state index contributed by atoms with van der Waals surface area (Å²) in [6.45, 7) is 3.55. The van der Waals surface area contributed by atoms with Crippen LogP contribution in [-0.2, 0) is 13.6 Å². The molecule has 1 atom stereocenters. The first kappa shape index (κ1) is 14.7. The van der Waals surface area contributed by atoms with E-state index in [1.54, 1.807) is 12.4 Å². The van der Waals surface area contributed by atoms with Crippen molar-refractivity contribution in [1.29, 1.82) is 0 Å². The molecule has 5 nitrogen and oxygen atoms in total. The maximum absolute atomic E-state index is 9.53. The lowest BCUT2D eigenvalue weighted by atomic mass is 10.1. The average Bonchev–Trinajstić information content (AvgIpc) is 2.85. The van der Waals surface area contributed by atoms with Gasteiger partial charge in [-0.2, -0.15) is 5.10 Å². The lowest BCUT2D eigenvalue weighted by molar-refractivity contribution is 0.159. The molecule has 20 heavy (non-hydrogen) atoms. The fourth-order valence-electron chi connectivity index (χ4n) is 2.12. The largest absolute Gasteiger partial charge is 0.393 e. The predicted octanol–water partition coefficient (Wildman–Crippen LogP) is 1.73. The molecule has 0 saturated heterocycles. The van der Waals surface area contributed by atoms with Crippen LogP contribution in [0.15, 0.2) is 30.7 Å². The van der Waals surface area contributed by atoms with Crippen molar-refractivity contribution in [3.63, 3.8) is 0 Å². The fourth-order valence-corrected chi connectivity index (χ4v) is 2.12. The van der Waals surface area contributed by atoms with Gasteiger partial charge < -0.3 is 10.4 Å². The van der Waals surface area contributed by atoms with Gasteiger partial charge in [-0.15, -0.1) is 0 Å². The smallest absolute Gasteiger partial charge is 0.0969 e. The monoisotopic (exact) mass is 274 g/mol. The topological polar surface area (TPSA) is 63.0 Å². The van der Waals surface area contributed by atoms with Gasteiger partial charge in [-0.25, -0.2) is 0 Å². The highest BCUT2D eigenvalue weighted by Gasteiger charge is 2.09. The van der Waals surface area contributed by atoms with Gasteiger partial charge in [0.25, 0.3) is 0 Å². The van der Waals surface area contributed by atoms with E-state index in [4.69, 9.17) is 0 Å². The van der Waals surface area contributed by atoms with Gasteiger partial charge in [0.1, 0.15) is 0 Å². The molecule has 0 aliphatic carbocycles. The molecule has 108 valence electrons. The zero-order valence-corrected chi connectivity index (χ0v) is 12.1. The Kier molecular flexibility index (Phi) is 5.26. The normalized spacial score (nSPS) is 12.6. The van der Waals surface area contributed by atoms with E-state index >= 15 is 0 Å². The highest BCUT2D eigenvalue weighted by molar-refractivity contribution is 5.61. The highest BCUT2D eigenvalue weighted by atomic mass is 16.3. The van der Waals surface area contributed by atoms with Gasteiger partial charge in [-0.1, -0.05) is 6.92 Å². The average molecular weight is 274 g/mol. The van der Waals surface area contributed by atoms with Crippen molar-refractivity contribution >= 4 is 0 Å². The highest BCUT2D eigenvalue weighted by Crippen LogP contribution is 2.20. The fraction of sp³-hybridized carbons (Fsp3) is 0.467. The Hall–Kier alpha value is -1.72. The van der Waals surface area contributed by atoms with E-state index < -0.39 is 0 Å². The Morgan fingerprint density at radius 3 is 2.80 bits per heavy atom. The molecule has 0 bridgehead atoms. The summed E-state index contributed by atoms with van der Waals surface area (Å²) in [7, 11) is 1.93. The quantitative estimate of drug-likeness (QED) is 0.755. The lowest BCUT2D eigenvalue weighted by Crippen LogP contribution is -2.19. The van der Waals surface area contributed by atoms with E-state index in [2.05, 4.69) is 15.4 Å². The minimum Gasteiger partial charge on any atom is -0.393 e. The summed E-state index contributed by atoms with van der Waals surface area (Å²) in [4.78, 5) is 4.03. The number of rotatable bonds is 7. The van der Waals surface area contributed by atoms with Gasteiger partial charge in [0.15, 0.2) is 0 Å². The summed E-state index contributed by atoms with van der Waals surface area (Å²) in [6.07, 6.45) is 6.95. The zero-order chi connectivity index (χ0) is 14.4. The molecule has 2 heterocycles. The first-order chi connectivity index (χ1) is 9.70. The van der Waals surface area contributed by atoms with E-state index in [0.717, 1.165) is 42.8 Å². The molecule has 0 radical (unpaired) electrons. The van der Waals surface area contributed by atoms with E-state index in [-0.39, 0.29) is 6.10 Å². The second-order valence-electron chi connectivity index (χ2n) is 4.94. The van der Waals surface area contributed by atoms with Crippen molar-refractivity contribution in [2.75, 3.05) is 6.54 Å². The molecule has 0 amide bonds. The van der Waals surface area contributed by atoms with Gasteiger partial charge in [0.05, 0.1) is 11.8 Å². The number of nitrogens with one attached hydrogen (secondary N) is 1. The van der Waals surface area contributed by atoms with E-state index in [1.807, 2.05) is 37.0 Å². The van der Waals surface area contributed by atoms with Crippen molar-refractivity contribution in [2.45, 2.75) is 32.4 Å². The Balaban J connectivity index is 1.98. The summed E-state index contributed by atoms with van der Waals surface area (Å²) in [6, 6.07) is 3.93. The summed E-state index contributed by atoms with van der Waals surface area (Å²) in [5.74, 6) is 0. The summed E-state index contributed by atoms with van der Waals surface area (Å²) in [5.41, 5.74) is 3.22. The molecular formula is C15H22N4O. The lowest BCUT2D eigenvalue weighted by Gasteiger charge is -2.08. The molecule has 2 aromatic rings. The number of hydrogen-bond donors (Lipinski definition) is 2. The van der Waals surface area contributed by atoms with Crippen LogP contribution in [0.5, 0.6) is 0 Å². The molecule has 0 aromatic carbocycles. The van der Waals surface area contributed by atoms with Crippen LogP contribution >= 0.6 is 0 Å². The molecule has 2 aromatic heterocycles. The Bertz CT molecular complexity index is 524. The molecule has 0 spiro atoms. The molecular weight excluding hydrogens is 252 g/mol. The number of aromatic nitrogens is 3. The van der Waals surface area contributed by atoms with Crippen molar-refractivity contribution in [2.24, 2.45) is 7.05 Å². The number of aliphatic hydroxyl groups is 1. The maximum atomic E-state index is 9.53. The first-order valence-corrected chi connectivity index (χ1v) is 7.02. The van der Waals surface area contributed by atoms with E-state index in [9.17, 15) is 5.11 Å². The maximum Gasteiger partial charge on any atom is 0.0969 e. The third-order valence-electron chi connectivity index (χ3n) is 3.30. The molecule has 2 rings (SSSR count). The molecule has 0 aliphatic heterocycles. The second-order valence-corrected chi connectivity index (χ2v) is 4.94. The van der Waals surface area contributed by atoms with Gasteiger partial charge in [-0.3, -0.25) is 9.67 Å². The van der Waals surface area contributed by atoms with E-state index in [0.29, 0.717) is 0 Å². The zero-order valence-electron chi connectivity index (χ0n) is 12.1. The molecule has 1 unspecified atom stereocenters. The molecule has 2 N–H and O–H groups in total. The summed E-state index contributed by atoms with van der Waals surface area (Å²) in [5, 5.41) is 17.4. The third kappa shape index (κ3) is 3.88. The Morgan fingerprint density at radius 2 is 2.10 bits per heavy atom. The Morgan fingerprint density at radius 1 is 1.35 bits per heavy atom. The SMILES string of the molecule is CCC(O)CCNCc1cn(C)nc1-c1ccncc1. The van der Waals surface area contributed by atoms with Crippen LogP contribution in [0.1, 0.15) is 25.3 Å². The van der Waals surface area contributed by atoms with Crippen LogP contribution in [0, 0.1) is 0 Å². The minimum absolute atomic E-state index is 0.212. The van der Waals surface area contributed by atoms with E-state index in [1.165, 1.54) is 0 Å². The van der Waals surface area contributed by atoms with Crippen LogP contribution in [0.3, 0.4) is 0 Å². The first-order valence-electron chi connectivity index (χ1n) is 7.02. The number of hydrogen-bond acceptors (Lipinski definition) is 4. The van der Waals surface area contributed by atoms with Gasteiger partial charge in [-0.05, 0) is 31.5 Å². The molecule has 0 saturated carbocycles. The van der Waals surface area contributed by atoms with Crippen LogP contribution < -0.4 is 5.32 Å². The van der Waals surface area contributed by atoms with Gasteiger partial charge in [0, 0.05) is 43.3 Å². The van der Waals surface area contributed by atoms with Crippen LogP contribution in [-0.4, -0.2) is 32.5 Å². The number of aliphatic hydroxyl groups excluding tert-OH is 1. The van der Waals surface area contributed by atoms with Crippen molar-refractivity contribution < 1.29 is 5.11 Å².